The molecule has 0 unspecified atom stereocenters. The summed E-state index contributed by atoms with van der Waals surface area (Å²) in [4.78, 5) is 266. The van der Waals surface area contributed by atoms with Gasteiger partial charge in [-0.1, -0.05) is 93.9 Å². The number of benzene rings is 3. The van der Waals surface area contributed by atoms with Crippen molar-refractivity contribution in [1.29, 1.82) is 5.41 Å². The van der Waals surface area contributed by atoms with Crippen LogP contribution >= 0.6 is 23.1 Å². The van der Waals surface area contributed by atoms with E-state index in [4.69, 9.17) is 22.6 Å². The number of aliphatic hydroxyl groups is 1. The van der Waals surface area contributed by atoms with Crippen LogP contribution in [-0.4, -0.2) is 299 Å². The number of phenolic OH excluding ortho intramolecular Hbond substituents is 1. The number of hydrogen-bond donors (Lipinski definition) is 19. The van der Waals surface area contributed by atoms with E-state index in [1.54, 1.807) is 55.8 Å². The monoisotopic (exact) mass is 1870 g/mol. The number of primary amides is 2. The Hall–Kier alpha value is -13.3. The second-order valence-electron chi connectivity index (χ2n) is 33.9. The molecule has 7 heterocycles. The van der Waals surface area contributed by atoms with Crippen LogP contribution in [-0.2, 0) is 102 Å². The summed E-state index contributed by atoms with van der Waals surface area (Å²) in [7, 11) is 2.57. The van der Waals surface area contributed by atoms with Crippen molar-refractivity contribution in [2.45, 2.75) is 221 Å². The standard InChI is InChI=1S/C88H119N23O19S2/c1-7-8-21-69-86(129)111-33-16-24-68(111)79(122)98-57(20-13-30-94-87(91)92)75(118)105-65(74(117)96-42-72(90)115)45-132-88(130)106-61(35-49-26-28-53(113)29-27-49)82(125)107(5)48(4)73(116)101-63(39-71(89)114)85(128)110-32-15-23-67(110)81(124)100-59(38-52-41-93-46-97-52)77(120)102-60(34-47(2)3)84(127)109-31-14-22-66(109)80(123)99-58(36-50-40-95-56-19-11-9-17-54(50)56)76(119)104-64(43-112)78(121)103-62(83(126)108(69)6)37-51-44-131-70-25-12-10-18-55(51)70/h9-12,17-19,25-29,40-41,44,46-48,57-69,95,112-113H,7-8,13-16,20-24,30-39,42-43,45H2,1-6H3,(H2,89,114)(H2,90,115)(H,93,97)(H,96,117)(H,98,122)(H,99,123)(H,100,124)(H,101,116)(H,102,120)(H,103,121)(H,104,119)(H,105,118)(H,106,130)(H4,91,92,94)/t48-,57-,58-,59-,60-,61-,62-,63-,64-,65-,66-,67-,68+,69-/m0/s1. The van der Waals surface area contributed by atoms with Crippen molar-refractivity contribution < 1.29 is 91.7 Å². The van der Waals surface area contributed by atoms with Gasteiger partial charge in [0.1, 0.15) is 90.3 Å². The van der Waals surface area contributed by atoms with Gasteiger partial charge < -0.3 is 120 Å². The van der Waals surface area contributed by atoms with Gasteiger partial charge in [-0.2, -0.15) is 0 Å². The molecule has 712 valence electrons. The Labute approximate surface area is 769 Å². The van der Waals surface area contributed by atoms with Gasteiger partial charge in [-0.05, 0) is 129 Å². The average molecular weight is 1870 g/mol. The normalized spacial score (nSPS) is 24.8. The zero-order valence-corrected chi connectivity index (χ0v) is 76.1. The van der Waals surface area contributed by atoms with Crippen LogP contribution in [0.5, 0.6) is 5.75 Å². The smallest absolute Gasteiger partial charge is 0.279 e. The number of H-pyrrole nitrogens is 2. The highest BCUT2D eigenvalue weighted by Crippen LogP contribution is 2.31. The highest BCUT2D eigenvalue weighted by molar-refractivity contribution is 8.13. The lowest BCUT2D eigenvalue weighted by Crippen LogP contribution is -2.61. The van der Waals surface area contributed by atoms with Crippen LogP contribution in [0.25, 0.3) is 21.0 Å². The first-order chi connectivity index (χ1) is 63.0. The molecule has 6 aromatic rings. The Morgan fingerprint density at radius 3 is 1.69 bits per heavy atom. The van der Waals surface area contributed by atoms with E-state index in [1.165, 1.54) is 83.8 Å². The SMILES string of the molecule is CCCC[C@H]1C(=O)N2CCC[C@@H]2C(=O)N[C@@H](CCCNC(=N)N)C(=O)N[C@H](C(=O)NCC(N)=O)CSC(=O)N[C@@H](Cc2ccc(O)cc2)C(=O)N(C)[C@@H](C)C(=O)N[C@@H](CC(N)=O)C(=O)N2CCC[C@H]2C(=O)N[C@@H](Cc2cnc[nH]2)C(=O)N[C@@H](CC(C)C)C(=O)N2CCC[C@H]2C(=O)N[C@@H](Cc2c[nH]c3ccccc23)C(=O)N[C@@H](CO)C(=O)N[C@@H](Cc2csc3ccccc23)C(=O)N1C. The molecule has 132 heavy (non-hydrogen) atoms. The number of thioether (sulfide) groups is 1. The quantitative estimate of drug-likeness (QED) is 0.0195. The molecule has 4 saturated heterocycles. The third-order valence-corrected chi connectivity index (χ3v) is 25.8. The number of unbranched alkanes of at least 4 members (excludes halogenated alkanes) is 1. The number of rotatable bonds is 23. The van der Waals surface area contributed by atoms with Crippen LogP contribution in [0.4, 0.5) is 4.79 Å². The maximum atomic E-state index is 15.7. The molecule has 0 aliphatic carbocycles. The van der Waals surface area contributed by atoms with E-state index in [0.29, 0.717) is 57.9 Å². The fourth-order valence-electron chi connectivity index (χ4n) is 16.7. The highest BCUT2D eigenvalue weighted by Gasteiger charge is 2.47. The van der Waals surface area contributed by atoms with Crippen LogP contribution < -0.4 is 75.7 Å². The number of carbonyl (C=O) groups excluding carboxylic acids is 17. The number of imidazole rings is 1. The summed E-state index contributed by atoms with van der Waals surface area (Å²) in [5, 5.41) is 60.6. The number of phenols is 1. The summed E-state index contributed by atoms with van der Waals surface area (Å²) in [6.07, 6.45) is 4.05. The van der Waals surface area contributed by atoms with E-state index < -0.39 is 216 Å². The Balaban J connectivity index is 1.01. The average Bonchev–Trinajstić information content (AvgIpc) is 1.64. The zero-order valence-electron chi connectivity index (χ0n) is 74.4. The van der Waals surface area contributed by atoms with Crippen molar-refractivity contribution in [2.24, 2.45) is 23.1 Å². The van der Waals surface area contributed by atoms with Crippen molar-refractivity contribution in [3.05, 3.63) is 119 Å². The number of nitrogens with one attached hydrogen (secondary N) is 14. The van der Waals surface area contributed by atoms with E-state index in [-0.39, 0.29) is 128 Å². The molecule has 0 radical (unpaired) electrons. The Kier molecular flexibility index (Phi) is 36.3. The maximum absolute atomic E-state index is 15.7. The molecular formula is C88H119N23O19S2. The summed E-state index contributed by atoms with van der Waals surface area (Å²) in [5.74, 6) is -16.3. The topological polar surface area (TPSA) is 626 Å². The Morgan fingerprint density at radius 2 is 1.09 bits per heavy atom. The minimum absolute atomic E-state index is 0.000533. The second kappa shape index (κ2) is 47.5. The summed E-state index contributed by atoms with van der Waals surface area (Å²) in [6.45, 7) is 4.73. The zero-order chi connectivity index (χ0) is 95.7. The molecule has 4 fully saturated rings. The molecule has 4 aliphatic heterocycles. The molecule has 44 heteroatoms. The maximum Gasteiger partial charge on any atom is 0.279 e. The van der Waals surface area contributed by atoms with E-state index >= 15 is 38.4 Å². The third kappa shape index (κ3) is 27.0. The molecule has 4 aliphatic rings. The van der Waals surface area contributed by atoms with Crippen LogP contribution in [0.15, 0.2) is 96.9 Å². The van der Waals surface area contributed by atoms with Crippen molar-refractivity contribution in [3.63, 3.8) is 0 Å². The number of nitrogens with two attached hydrogens (primary N) is 3. The van der Waals surface area contributed by atoms with Gasteiger partial charge in [0.05, 0.1) is 25.9 Å². The number of guanidine groups is 1. The number of carbonyl (C=O) groups is 17. The predicted octanol–water partition coefficient (Wildman–Crippen LogP) is -1.60. The molecule has 3 aromatic carbocycles. The van der Waals surface area contributed by atoms with Gasteiger partial charge in [0.2, 0.25) is 94.5 Å². The number of aromatic nitrogens is 3. The molecule has 0 spiro atoms. The molecule has 17 amide bonds. The molecule has 0 saturated carbocycles. The first-order valence-corrected chi connectivity index (χ1v) is 46.0. The first-order valence-electron chi connectivity index (χ1n) is 44.1. The Morgan fingerprint density at radius 1 is 0.553 bits per heavy atom. The lowest BCUT2D eigenvalue weighted by atomic mass is 10.0. The van der Waals surface area contributed by atoms with E-state index in [2.05, 4.69) is 73.4 Å². The highest BCUT2D eigenvalue weighted by atomic mass is 32.2. The molecule has 3 aromatic heterocycles. The number of hydrogen-bond acceptors (Lipinski definition) is 23. The van der Waals surface area contributed by atoms with Gasteiger partial charge in [0.25, 0.3) is 5.24 Å². The molecule has 14 atom stereocenters. The summed E-state index contributed by atoms with van der Waals surface area (Å²) >= 11 is 1.73. The fraction of sp³-hybridized carbons (Fsp3) is 0.511. The van der Waals surface area contributed by atoms with Gasteiger partial charge in [-0.3, -0.25) is 86.9 Å². The van der Waals surface area contributed by atoms with Crippen molar-refractivity contribution >= 4 is 150 Å². The summed E-state index contributed by atoms with van der Waals surface area (Å²) in [5.41, 5.74) is 19.3. The van der Waals surface area contributed by atoms with E-state index in [1.807, 2.05) is 25.1 Å². The van der Waals surface area contributed by atoms with Crippen LogP contribution in [0, 0.1) is 11.3 Å². The lowest BCUT2D eigenvalue weighted by Gasteiger charge is -2.35. The Bertz CT molecular complexity index is 5190. The number of aromatic amines is 2. The van der Waals surface area contributed by atoms with Gasteiger partial charge in [-0.15, -0.1) is 11.3 Å². The van der Waals surface area contributed by atoms with Gasteiger partial charge in [0.15, 0.2) is 5.96 Å². The minimum atomic E-state index is -1.83. The number of fused-ring (bicyclic) bond motifs is 5. The van der Waals surface area contributed by atoms with Crippen LogP contribution in [0.3, 0.4) is 0 Å². The summed E-state index contributed by atoms with van der Waals surface area (Å²) in [6, 6.07) is -1.36. The molecule has 0 bridgehead atoms. The lowest BCUT2D eigenvalue weighted by molar-refractivity contribution is -0.149. The molecule has 10 rings (SSSR count). The van der Waals surface area contributed by atoms with Gasteiger partial charge in [-0.25, -0.2) is 4.98 Å². The van der Waals surface area contributed by atoms with Crippen molar-refractivity contribution in [3.8, 4) is 5.75 Å². The number of amides is 17. The third-order valence-electron chi connectivity index (χ3n) is 23.9. The predicted molar refractivity (Wildman–Crippen MR) is 486 cm³/mol. The van der Waals surface area contributed by atoms with E-state index in [9.17, 15) is 53.4 Å². The number of aliphatic hydroxyl groups excluding tert-OH is 1. The van der Waals surface area contributed by atoms with Crippen molar-refractivity contribution in [1.82, 2.24) is 97.9 Å². The van der Waals surface area contributed by atoms with Crippen LogP contribution in [0.2, 0.25) is 0 Å². The molecule has 22 N–H and O–H groups in total. The van der Waals surface area contributed by atoms with Crippen LogP contribution in [0.1, 0.15) is 134 Å². The summed E-state index contributed by atoms with van der Waals surface area (Å²) < 4.78 is 0.827. The number of thiophene rings is 1. The number of nitrogens with zero attached hydrogens (tertiary/aromatic N) is 6. The first kappa shape index (κ1) is 101. The van der Waals surface area contributed by atoms with E-state index in [0.717, 1.165) is 19.9 Å². The van der Waals surface area contributed by atoms with Crippen molar-refractivity contribution in [2.75, 3.05) is 59.2 Å². The largest absolute Gasteiger partial charge is 0.508 e. The number of aromatic hydroxyl groups is 1. The fourth-order valence-corrected chi connectivity index (χ4v) is 18.5. The second-order valence-corrected chi connectivity index (χ2v) is 35.8. The molecular weight excluding hydrogens is 1750 g/mol. The van der Waals surface area contributed by atoms with Gasteiger partial charge in [0, 0.05) is 105 Å². The number of para-hydroxylation sites is 1. The number of likely N-dealkylation sites (N-methyl/N-ethyl adjacent to an activating group) is 2. The minimum Gasteiger partial charge on any atom is -0.508 e. The van der Waals surface area contributed by atoms with Gasteiger partial charge >= 0.3 is 0 Å². The molecule has 42 nitrogen and oxygen atoms in total.